The van der Waals surface area contributed by atoms with Gasteiger partial charge in [0.1, 0.15) is 0 Å². The SMILES string of the molecule is C#CC(C)(C)C(C)(F)F. The Kier molecular flexibility index (Phi) is 1.85. The molecule has 0 aliphatic heterocycles. The smallest absolute Gasteiger partial charge is 0.205 e. The van der Waals surface area contributed by atoms with Crippen LogP contribution in [0, 0.1) is 17.8 Å². The van der Waals surface area contributed by atoms with Crippen LogP contribution in [0.3, 0.4) is 0 Å². The molecule has 0 aromatic rings. The number of halogens is 2. The predicted molar refractivity (Wildman–Crippen MR) is 33.2 cm³/mol. The number of hydrogen-bond acceptors (Lipinski definition) is 0. The fourth-order valence-electron chi connectivity index (χ4n) is 0.127. The Morgan fingerprint density at radius 1 is 1.22 bits per heavy atom. The Bertz CT molecular complexity index is 134. The molecular formula is C7H10F2. The maximum atomic E-state index is 12.4. The van der Waals surface area contributed by atoms with Gasteiger partial charge in [0.25, 0.3) is 5.92 Å². The van der Waals surface area contributed by atoms with E-state index in [9.17, 15) is 8.78 Å². The van der Waals surface area contributed by atoms with Crippen molar-refractivity contribution in [2.24, 2.45) is 5.41 Å². The van der Waals surface area contributed by atoms with Crippen molar-refractivity contribution in [2.45, 2.75) is 26.7 Å². The van der Waals surface area contributed by atoms with Crippen molar-refractivity contribution >= 4 is 0 Å². The first-order chi connectivity index (χ1) is 3.81. The molecule has 2 heteroatoms. The lowest BCUT2D eigenvalue weighted by Crippen LogP contribution is -2.31. The minimum absolute atomic E-state index is 0.826. The first kappa shape index (κ1) is 8.42. The molecular weight excluding hydrogens is 122 g/mol. The molecule has 0 aromatic heterocycles. The lowest BCUT2D eigenvalue weighted by Gasteiger charge is -2.24. The summed E-state index contributed by atoms with van der Waals surface area (Å²) in [6.07, 6.45) is 4.86. The van der Waals surface area contributed by atoms with Crippen LogP contribution in [-0.2, 0) is 0 Å². The summed E-state index contributed by atoms with van der Waals surface area (Å²) in [6.45, 7) is 3.51. The normalized spacial score (nSPS) is 12.9. The van der Waals surface area contributed by atoms with Crippen molar-refractivity contribution in [1.82, 2.24) is 0 Å². The maximum Gasteiger partial charge on any atom is 0.261 e. The lowest BCUT2D eigenvalue weighted by molar-refractivity contribution is -0.0584. The van der Waals surface area contributed by atoms with Crippen LogP contribution in [0.25, 0.3) is 0 Å². The third kappa shape index (κ3) is 1.67. The zero-order valence-electron chi connectivity index (χ0n) is 5.83. The molecule has 0 saturated heterocycles. The van der Waals surface area contributed by atoms with Gasteiger partial charge in [0.2, 0.25) is 0 Å². The first-order valence-corrected chi connectivity index (χ1v) is 2.67. The summed E-state index contributed by atoms with van der Waals surface area (Å²) < 4.78 is 24.7. The van der Waals surface area contributed by atoms with Gasteiger partial charge in [0.05, 0.1) is 5.41 Å². The summed E-state index contributed by atoms with van der Waals surface area (Å²) in [5.74, 6) is -0.759. The van der Waals surface area contributed by atoms with Gasteiger partial charge in [-0.05, 0) is 13.8 Å². The van der Waals surface area contributed by atoms with Crippen LogP contribution in [0.15, 0.2) is 0 Å². The number of rotatable bonds is 1. The molecule has 0 aliphatic rings. The number of hydrogen-bond donors (Lipinski definition) is 0. The van der Waals surface area contributed by atoms with E-state index in [1.165, 1.54) is 13.8 Å². The van der Waals surface area contributed by atoms with Crippen LogP contribution in [0.2, 0.25) is 0 Å². The van der Waals surface area contributed by atoms with Gasteiger partial charge in [0, 0.05) is 6.92 Å². The van der Waals surface area contributed by atoms with Crippen molar-refractivity contribution in [3.63, 3.8) is 0 Å². The minimum atomic E-state index is -2.79. The highest BCUT2D eigenvalue weighted by atomic mass is 19.3. The van der Waals surface area contributed by atoms with E-state index in [4.69, 9.17) is 6.42 Å². The molecule has 9 heavy (non-hydrogen) atoms. The van der Waals surface area contributed by atoms with E-state index in [0.717, 1.165) is 6.92 Å². The van der Waals surface area contributed by atoms with Crippen LogP contribution in [0.4, 0.5) is 8.78 Å². The first-order valence-electron chi connectivity index (χ1n) is 2.67. The van der Waals surface area contributed by atoms with Gasteiger partial charge in [0.15, 0.2) is 0 Å². The molecule has 0 saturated carbocycles. The summed E-state index contributed by atoms with van der Waals surface area (Å²) in [5, 5.41) is 0. The summed E-state index contributed by atoms with van der Waals surface area (Å²) in [5.41, 5.74) is -1.33. The van der Waals surface area contributed by atoms with Crippen LogP contribution >= 0.6 is 0 Å². The second-order valence-corrected chi connectivity index (χ2v) is 2.66. The molecule has 0 heterocycles. The summed E-state index contributed by atoms with van der Waals surface area (Å²) in [7, 11) is 0. The highest BCUT2D eigenvalue weighted by molar-refractivity contribution is 5.06. The van der Waals surface area contributed by atoms with Gasteiger partial charge >= 0.3 is 0 Å². The van der Waals surface area contributed by atoms with E-state index in [0.29, 0.717) is 0 Å². The Morgan fingerprint density at radius 3 is 1.56 bits per heavy atom. The van der Waals surface area contributed by atoms with Crippen LogP contribution in [0.1, 0.15) is 20.8 Å². The minimum Gasteiger partial charge on any atom is -0.205 e. The molecule has 0 N–H and O–H groups in total. The number of alkyl halides is 2. The topological polar surface area (TPSA) is 0 Å². The molecule has 0 rings (SSSR count). The maximum absolute atomic E-state index is 12.4. The zero-order chi connectivity index (χ0) is 7.71. The van der Waals surface area contributed by atoms with Gasteiger partial charge in [-0.1, -0.05) is 5.92 Å². The van der Waals surface area contributed by atoms with E-state index in [-0.39, 0.29) is 0 Å². The van der Waals surface area contributed by atoms with Gasteiger partial charge in [-0.25, -0.2) is 8.78 Å². The molecule has 0 amide bonds. The summed E-state index contributed by atoms with van der Waals surface area (Å²) in [4.78, 5) is 0. The molecule has 0 unspecified atom stereocenters. The van der Waals surface area contributed by atoms with Crippen LogP contribution < -0.4 is 0 Å². The standard InChI is InChI=1S/C7H10F2/c1-5-6(2,3)7(4,8)9/h1H,2-4H3. The zero-order valence-corrected chi connectivity index (χ0v) is 5.83. The number of terminal acetylenes is 1. The monoisotopic (exact) mass is 132 g/mol. The highest BCUT2D eigenvalue weighted by Crippen LogP contribution is 2.34. The largest absolute Gasteiger partial charge is 0.261 e. The van der Waals surface area contributed by atoms with E-state index in [1.54, 1.807) is 0 Å². The van der Waals surface area contributed by atoms with Crippen molar-refractivity contribution in [1.29, 1.82) is 0 Å². The molecule has 0 fully saturated rings. The van der Waals surface area contributed by atoms with Crippen molar-refractivity contribution in [2.75, 3.05) is 0 Å². The molecule has 0 aliphatic carbocycles. The molecule has 52 valence electrons. The van der Waals surface area contributed by atoms with E-state index in [2.05, 4.69) is 0 Å². The second kappa shape index (κ2) is 1.98. The average molecular weight is 132 g/mol. The van der Waals surface area contributed by atoms with Crippen molar-refractivity contribution in [3.05, 3.63) is 0 Å². The van der Waals surface area contributed by atoms with E-state index >= 15 is 0 Å². The summed E-state index contributed by atoms with van der Waals surface area (Å²) >= 11 is 0. The van der Waals surface area contributed by atoms with Crippen molar-refractivity contribution < 1.29 is 8.78 Å². The quantitative estimate of drug-likeness (QED) is 0.480. The molecule has 0 nitrogen and oxygen atoms in total. The Morgan fingerprint density at radius 2 is 1.56 bits per heavy atom. The van der Waals surface area contributed by atoms with Gasteiger partial charge in [-0.3, -0.25) is 0 Å². The van der Waals surface area contributed by atoms with E-state index in [1.807, 2.05) is 5.92 Å². The van der Waals surface area contributed by atoms with Gasteiger partial charge < -0.3 is 0 Å². The fraction of sp³-hybridized carbons (Fsp3) is 0.714. The van der Waals surface area contributed by atoms with E-state index < -0.39 is 11.3 Å². The highest BCUT2D eigenvalue weighted by Gasteiger charge is 2.40. The Balaban J connectivity index is 4.39. The molecule has 0 atom stereocenters. The third-order valence-electron chi connectivity index (χ3n) is 1.46. The lowest BCUT2D eigenvalue weighted by atomic mass is 9.88. The van der Waals surface area contributed by atoms with Crippen LogP contribution in [0.5, 0.6) is 0 Å². The predicted octanol–water partition coefficient (Wildman–Crippen LogP) is 2.30. The second-order valence-electron chi connectivity index (χ2n) is 2.66. The average Bonchev–Trinajstić information content (AvgIpc) is 1.64. The Labute approximate surface area is 54.3 Å². The summed E-state index contributed by atoms with van der Waals surface area (Å²) in [6, 6.07) is 0. The third-order valence-corrected chi connectivity index (χ3v) is 1.46. The molecule has 0 spiro atoms. The Hall–Kier alpha value is -0.580. The van der Waals surface area contributed by atoms with Crippen LogP contribution in [-0.4, -0.2) is 5.92 Å². The molecule has 0 bridgehead atoms. The van der Waals surface area contributed by atoms with Crippen molar-refractivity contribution in [3.8, 4) is 12.3 Å². The molecule has 0 aromatic carbocycles. The van der Waals surface area contributed by atoms with Gasteiger partial charge in [-0.15, -0.1) is 6.42 Å². The molecule has 0 radical (unpaired) electrons. The van der Waals surface area contributed by atoms with Gasteiger partial charge in [-0.2, -0.15) is 0 Å². The fourth-order valence-corrected chi connectivity index (χ4v) is 0.127.